The molecule has 1 aromatic carbocycles. The first-order valence-corrected chi connectivity index (χ1v) is 10.2. The van der Waals surface area contributed by atoms with Gasteiger partial charge in [-0.3, -0.25) is 9.59 Å². The zero-order valence-electron chi connectivity index (χ0n) is 16.8. The molecule has 0 fully saturated rings. The highest BCUT2D eigenvalue weighted by molar-refractivity contribution is 5.96. The molecular weight excluding hydrogens is 324 g/mol. The van der Waals surface area contributed by atoms with Crippen molar-refractivity contribution in [3.05, 3.63) is 35.4 Å². The quantitative estimate of drug-likeness (QED) is 0.448. The van der Waals surface area contributed by atoms with Gasteiger partial charge in [-0.05, 0) is 24.3 Å². The molecule has 2 amide bonds. The summed E-state index contributed by atoms with van der Waals surface area (Å²) in [5.41, 5.74) is 10.7. The molecule has 0 atom stereocenters. The number of carbonyl (C=O) groups is 2. The van der Waals surface area contributed by atoms with Crippen LogP contribution in [0.1, 0.15) is 112 Å². The average Bonchev–Trinajstić information content (AvgIpc) is 2.64. The van der Waals surface area contributed by atoms with Gasteiger partial charge >= 0.3 is 0 Å². The van der Waals surface area contributed by atoms with E-state index in [1.165, 1.54) is 101 Å². The zero-order valence-corrected chi connectivity index (χ0v) is 16.8. The Hall–Kier alpha value is -1.84. The molecule has 0 saturated carbocycles. The molecule has 4 nitrogen and oxygen atoms in total. The monoisotopic (exact) mass is 362 g/mol. The Balaban J connectivity index is 0.000000485. The van der Waals surface area contributed by atoms with Crippen LogP contribution in [0, 0.1) is 0 Å². The molecule has 4 heteroatoms. The third-order valence-electron chi connectivity index (χ3n) is 4.41. The summed E-state index contributed by atoms with van der Waals surface area (Å²) in [5.74, 6) is -1.04. The van der Waals surface area contributed by atoms with Crippen LogP contribution in [0.3, 0.4) is 0 Å². The third-order valence-corrected chi connectivity index (χ3v) is 4.41. The average molecular weight is 363 g/mol. The summed E-state index contributed by atoms with van der Waals surface area (Å²) in [6, 6.07) is 5.84. The number of nitrogens with two attached hydrogens (primary N) is 2. The van der Waals surface area contributed by atoms with E-state index in [1.54, 1.807) is 0 Å². The van der Waals surface area contributed by atoms with Crippen LogP contribution in [0.15, 0.2) is 24.3 Å². The first-order valence-electron chi connectivity index (χ1n) is 10.2. The topological polar surface area (TPSA) is 86.2 Å². The maximum absolute atomic E-state index is 10.6. The first kappa shape index (κ1) is 24.2. The van der Waals surface area contributed by atoms with E-state index in [-0.39, 0.29) is 0 Å². The van der Waals surface area contributed by atoms with Gasteiger partial charge in [0.2, 0.25) is 11.8 Å². The summed E-state index contributed by atoms with van der Waals surface area (Å²) in [6.07, 6.45) is 17.4. The molecule has 0 unspecified atom stereocenters. The number of hydrogen-bond donors (Lipinski definition) is 2. The lowest BCUT2D eigenvalue weighted by molar-refractivity contribution is 0.0988. The summed E-state index contributed by atoms with van der Waals surface area (Å²) >= 11 is 0. The van der Waals surface area contributed by atoms with Crippen LogP contribution < -0.4 is 11.5 Å². The minimum absolute atomic E-state index is 0.361. The minimum Gasteiger partial charge on any atom is -0.366 e. The number of rotatable bonds is 13. The Labute approximate surface area is 159 Å². The van der Waals surface area contributed by atoms with Gasteiger partial charge < -0.3 is 11.5 Å². The molecule has 0 aliphatic carbocycles. The van der Waals surface area contributed by atoms with Gasteiger partial charge in [0.05, 0.1) is 0 Å². The molecule has 0 aliphatic heterocycles. The van der Waals surface area contributed by atoms with Crippen molar-refractivity contribution in [3.8, 4) is 0 Å². The van der Waals surface area contributed by atoms with Crippen LogP contribution in [0.2, 0.25) is 0 Å². The summed E-state index contributed by atoms with van der Waals surface area (Å²) in [7, 11) is 0. The molecule has 26 heavy (non-hydrogen) atoms. The van der Waals surface area contributed by atoms with Gasteiger partial charge in [0.25, 0.3) is 0 Å². The van der Waals surface area contributed by atoms with Gasteiger partial charge in [0.15, 0.2) is 0 Å². The standard InChI is InChI=1S/C14H30.C8H8N2O2/c1-3-5-7-9-11-13-14-12-10-8-6-4-2;9-7(11)5-1-2-6(4-3-5)8(10)12/h3-14H2,1-2H3;1-4H,(H2,9,11)(H2,10,12). The van der Waals surface area contributed by atoms with E-state index in [4.69, 9.17) is 11.5 Å². The van der Waals surface area contributed by atoms with Crippen molar-refractivity contribution in [2.24, 2.45) is 11.5 Å². The first-order chi connectivity index (χ1) is 12.5. The number of benzene rings is 1. The summed E-state index contributed by atoms with van der Waals surface area (Å²) in [6.45, 7) is 4.57. The van der Waals surface area contributed by atoms with Crippen molar-refractivity contribution in [2.45, 2.75) is 90.9 Å². The fraction of sp³-hybridized carbons (Fsp3) is 0.636. The van der Waals surface area contributed by atoms with Crippen molar-refractivity contribution >= 4 is 11.8 Å². The van der Waals surface area contributed by atoms with Gasteiger partial charge in [-0.15, -0.1) is 0 Å². The van der Waals surface area contributed by atoms with Gasteiger partial charge in [-0.1, -0.05) is 90.9 Å². The highest BCUT2D eigenvalue weighted by Gasteiger charge is 2.02. The second kappa shape index (κ2) is 16.6. The van der Waals surface area contributed by atoms with Crippen molar-refractivity contribution in [2.75, 3.05) is 0 Å². The lowest BCUT2D eigenvalue weighted by Gasteiger charge is -2.01. The van der Waals surface area contributed by atoms with Crippen LogP contribution >= 0.6 is 0 Å². The lowest BCUT2D eigenvalue weighted by atomic mass is 10.1. The maximum Gasteiger partial charge on any atom is 0.248 e. The predicted octanol–water partition coefficient (Wildman–Crippen LogP) is 5.59. The molecule has 0 radical (unpaired) electrons. The van der Waals surface area contributed by atoms with Crippen molar-refractivity contribution in [3.63, 3.8) is 0 Å². The van der Waals surface area contributed by atoms with Crippen LogP contribution in [0.4, 0.5) is 0 Å². The number of amides is 2. The largest absolute Gasteiger partial charge is 0.366 e. The normalized spacial score (nSPS) is 10.1. The summed E-state index contributed by atoms with van der Waals surface area (Å²) in [5, 5.41) is 0. The fourth-order valence-electron chi connectivity index (χ4n) is 2.71. The SMILES string of the molecule is CCCCCCCCCCCCCC.NC(=O)c1ccc(C(N)=O)cc1. The van der Waals surface area contributed by atoms with Crippen LogP contribution in [0.25, 0.3) is 0 Å². The van der Waals surface area contributed by atoms with E-state index in [0.29, 0.717) is 11.1 Å². The Morgan fingerprint density at radius 2 is 0.808 bits per heavy atom. The number of carbonyl (C=O) groups excluding carboxylic acids is 2. The molecule has 0 spiro atoms. The Bertz CT molecular complexity index is 438. The maximum atomic E-state index is 10.6. The highest BCUT2D eigenvalue weighted by Crippen LogP contribution is 2.11. The fourth-order valence-corrected chi connectivity index (χ4v) is 2.71. The van der Waals surface area contributed by atoms with E-state index in [0.717, 1.165) is 0 Å². The second-order valence-corrected chi connectivity index (χ2v) is 6.84. The predicted molar refractivity (Wildman–Crippen MR) is 110 cm³/mol. The smallest absolute Gasteiger partial charge is 0.248 e. The van der Waals surface area contributed by atoms with Gasteiger partial charge in [-0.25, -0.2) is 0 Å². The molecule has 1 rings (SSSR count). The van der Waals surface area contributed by atoms with E-state index in [2.05, 4.69) is 13.8 Å². The van der Waals surface area contributed by atoms with Crippen molar-refractivity contribution < 1.29 is 9.59 Å². The number of hydrogen-bond acceptors (Lipinski definition) is 2. The van der Waals surface area contributed by atoms with E-state index < -0.39 is 11.8 Å². The third kappa shape index (κ3) is 13.5. The Morgan fingerprint density at radius 1 is 0.577 bits per heavy atom. The second-order valence-electron chi connectivity index (χ2n) is 6.84. The molecule has 0 bridgehead atoms. The highest BCUT2D eigenvalue weighted by atomic mass is 16.1. The summed E-state index contributed by atoms with van der Waals surface area (Å²) < 4.78 is 0. The molecule has 148 valence electrons. The zero-order chi connectivity index (χ0) is 19.6. The van der Waals surface area contributed by atoms with Crippen molar-refractivity contribution in [1.29, 1.82) is 0 Å². The van der Waals surface area contributed by atoms with Gasteiger partial charge in [-0.2, -0.15) is 0 Å². The molecule has 1 aromatic rings. The minimum atomic E-state index is -0.522. The lowest BCUT2D eigenvalue weighted by Crippen LogP contribution is -2.13. The van der Waals surface area contributed by atoms with E-state index in [1.807, 2.05) is 0 Å². The molecule has 0 saturated heterocycles. The molecule has 0 aliphatic rings. The number of primary amides is 2. The van der Waals surface area contributed by atoms with Crippen LogP contribution in [-0.4, -0.2) is 11.8 Å². The molecule has 4 N–H and O–H groups in total. The number of unbranched alkanes of at least 4 members (excludes halogenated alkanes) is 11. The van der Waals surface area contributed by atoms with Crippen LogP contribution in [-0.2, 0) is 0 Å². The Kier molecular flexibility index (Phi) is 15.4. The van der Waals surface area contributed by atoms with Gasteiger partial charge in [0.1, 0.15) is 0 Å². The summed E-state index contributed by atoms with van der Waals surface area (Å²) in [4.78, 5) is 21.2. The van der Waals surface area contributed by atoms with E-state index >= 15 is 0 Å². The van der Waals surface area contributed by atoms with Gasteiger partial charge in [0, 0.05) is 11.1 Å². The van der Waals surface area contributed by atoms with Crippen molar-refractivity contribution in [1.82, 2.24) is 0 Å². The molecule has 0 aromatic heterocycles. The van der Waals surface area contributed by atoms with E-state index in [9.17, 15) is 9.59 Å². The van der Waals surface area contributed by atoms with Crippen LogP contribution in [0.5, 0.6) is 0 Å². The Morgan fingerprint density at radius 3 is 1.00 bits per heavy atom. The molecular formula is C22H38N2O2. The molecule has 0 heterocycles.